The van der Waals surface area contributed by atoms with Crippen LogP contribution in [0.5, 0.6) is 0 Å². The molecule has 0 aromatic carbocycles. The fourth-order valence-electron chi connectivity index (χ4n) is 3.27. The van der Waals surface area contributed by atoms with Gasteiger partial charge in [0, 0.05) is 6.04 Å². The highest BCUT2D eigenvalue weighted by atomic mass is 79.9. The molecule has 0 radical (unpaired) electrons. The lowest BCUT2D eigenvalue weighted by Gasteiger charge is -2.20. The van der Waals surface area contributed by atoms with Gasteiger partial charge in [0.05, 0.1) is 7.57 Å². The van der Waals surface area contributed by atoms with Crippen molar-refractivity contribution >= 4 is 43.2 Å². The van der Waals surface area contributed by atoms with Crippen molar-refractivity contribution in [3.63, 3.8) is 0 Å². The lowest BCUT2D eigenvalue weighted by Crippen LogP contribution is -2.25. The van der Waals surface area contributed by atoms with Crippen LogP contribution in [0.3, 0.4) is 0 Å². The maximum atomic E-state index is 3.71. The summed E-state index contributed by atoms with van der Waals surface area (Å²) in [6.45, 7) is 12.7. The third kappa shape index (κ3) is 2.23. The summed E-state index contributed by atoms with van der Waals surface area (Å²) in [6.07, 6.45) is 0. The summed E-state index contributed by atoms with van der Waals surface area (Å²) in [5, 5.41) is 3.68. The molecule has 1 saturated carbocycles. The smallest absolute Gasteiger partial charge is 0.0758 e. The largest absolute Gasteiger partial charge is 0.310 e. The molecule has 1 nitrogen and oxygen atoms in total. The van der Waals surface area contributed by atoms with Crippen LogP contribution >= 0.6 is 43.2 Å². The molecule has 1 atom stereocenters. The monoisotopic (exact) mass is 393 g/mol. The molecule has 102 valence electrons. The number of rotatable bonds is 4. The summed E-state index contributed by atoms with van der Waals surface area (Å²) in [6, 6.07) is 2.70. The van der Waals surface area contributed by atoms with Gasteiger partial charge in [-0.2, -0.15) is 0 Å². The van der Waals surface area contributed by atoms with Crippen molar-refractivity contribution in [3.8, 4) is 0 Å². The fraction of sp³-hybridized carbons (Fsp3) is 0.714. The topological polar surface area (TPSA) is 12.0 Å². The van der Waals surface area contributed by atoms with Crippen LogP contribution in [0.15, 0.2) is 13.6 Å². The Morgan fingerprint density at radius 3 is 2.17 bits per heavy atom. The van der Waals surface area contributed by atoms with Gasteiger partial charge in [-0.15, -0.1) is 11.3 Å². The normalized spacial score (nSPS) is 23.1. The van der Waals surface area contributed by atoms with E-state index in [0.29, 0.717) is 22.8 Å². The van der Waals surface area contributed by atoms with Gasteiger partial charge in [-0.3, -0.25) is 0 Å². The van der Waals surface area contributed by atoms with Crippen LogP contribution in [-0.2, 0) is 0 Å². The number of hydrogen-bond acceptors (Lipinski definition) is 2. The zero-order chi connectivity index (χ0) is 13.7. The Kier molecular flexibility index (Phi) is 4.06. The van der Waals surface area contributed by atoms with Crippen molar-refractivity contribution in [2.75, 3.05) is 6.54 Å². The van der Waals surface area contributed by atoms with Crippen LogP contribution in [0.4, 0.5) is 0 Å². The first-order valence-electron chi connectivity index (χ1n) is 6.41. The van der Waals surface area contributed by atoms with Crippen LogP contribution in [-0.4, -0.2) is 6.54 Å². The highest BCUT2D eigenvalue weighted by molar-refractivity contribution is 9.12. The van der Waals surface area contributed by atoms with Crippen molar-refractivity contribution in [2.45, 2.75) is 40.7 Å². The minimum Gasteiger partial charge on any atom is -0.310 e. The zero-order valence-corrected chi connectivity index (χ0v) is 15.6. The standard InChI is InChI=1S/C14H21Br2NS/c1-6-17-10(8-7-9(15)18-12(8)16)11-13(2,3)14(11,4)5/h7,10-11,17H,6H2,1-5H3. The molecule has 1 aromatic rings. The number of halogens is 2. The molecule has 1 unspecified atom stereocenters. The Morgan fingerprint density at radius 2 is 1.83 bits per heavy atom. The van der Waals surface area contributed by atoms with Gasteiger partial charge in [0.25, 0.3) is 0 Å². The summed E-state index contributed by atoms with van der Waals surface area (Å²) >= 11 is 9.06. The second-order valence-electron chi connectivity index (χ2n) is 6.24. The van der Waals surface area contributed by atoms with Gasteiger partial charge in [0.15, 0.2) is 0 Å². The molecule has 18 heavy (non-hydrogen) atoms. The van der Waals surface area contributed by atoms with E-state index >= 15 is 0 Å². The Hall–Kier alpha value is 0.620. The van der Waals surface area contributed by atoms with Crippen LogP contribution in [0.25, 0.3) is 0 Å². The molecule has 0 spiro atoms. The molecule has 1 aliphatic carbocycles. The third-order valence-electron chi connectivity index (χ3n) is 4.91. The molecule has 2 rings (SSSR count). The second kappa shape index (κ2) is 4.87. The Bertz CT molecular complexity index is 437. The van der Waals surface area contributed by atoms with E-state index in [4.69, 9.17) is 0 Å². The quantitative estimate of drug-likeness (QED) is 0.699. The predicted molar refractivity (Wildman–Crippen MR) is 87.2 cm³/mol. The van der Waals surface area contributed by atoms with E-state index in [0.717, 1.165) is 6.54 Å². The van der Waals surface area contributed by atoms with Gasteiger partial charge in [-0.1, -0.05) is 34.6 Å². The Balaban J connectivity index is 2.34. The van der Waals surface area contributed by atoms with E-state index in [2.05, 4.69) is 77.9 Å². The second-order valence-corrected chi connectivity index (χ2v) is 9.99. The molecule has 0 amide bonds. The average Bonchev–Trinajstić information content (AvgIpc) is 2.53. The van der Waals surface area contributed by atoms with Gasteiger partial charge in [0.1, 0.15) is 0 Å². The molecule has 1 fully saturated rings. The molecular formula is C14H21Br2NS. The number of thiophene rings is 1. The molecular weight excluding hydrogens is 374 g/mol. The first-order chi connectivity index (χ1) is 8.23. The van der Waals surface area contributed by atoms with Crippen LogP contribution in [0, 0.1) is 16.7 Å². The van der Waals surface area contributed by atoms with Crippen molar-refractivity contribution in [1.29, 1.82) is 0 Å². The zero-order valence-electron chi connectivity index (χ0n) is 11.6. The number of nitrogens with one attached hydrogen (secondary N) is 1. The van der Waals surface area contributed by atoms with Crippen molar-refractivity contribution < 1.29 is 0 Å². The molecule has 0 bridgehead atoms. The highest BCUT2D eigenvalue weighted by Gasteiger charge is 2.67. The molecule has 0 aliphatic heterocycles. The molecule has 0 saturated heterocycles. The SMILES string of the molecule is CCNC(c1cc(Br)sc1Br)C1C(C)(C)C1(C)C. The Morgan fingerprint density at radius 1 is 1.28 bits per heavy atom. The van der Waals surface area contributed by atoms with Gasteiger partial charge in [-0.25, -0.2) is 0 Å². The summed E-state index contributed by atoms with van der Waals surface area (Å²) in [5.74, 6) is 0.683. The van der Waals surface area contributed by atoms with E-state index in [1.54, 1.807) is 11.3 Å². The van der Waals surface area contributed by atoms with Gasteiger partial charge in [0.2, 0.25) is 0 Å². The lowest BCUT2D eigenvalue weighted by molar-refractivity contribution is 0.418. The van der Waals surface area contributed by atoms with Gasteiger partial charge in [-0.05, 0) is 66.8 Å². The molecule has 4 heteroatoms. The summed E-state index contributed by atoms with van der Waals surface area (Å²) in [4.78, 5) is 0. The van der Waals surface area contributed by atoms with E-state index in [1.165, 1.54) is 13.1 Å². The number of hydrogen-bond donors (Lipinski definition) is 1. The molecule has 1 aromatic heterocycles. The molecule has 1 aliphatic rings. The average molecular weight is 395 g/mol. The van der Waals surface area contributed by atoms with E-state index in [1.807, 2.05) is 0 Å². The maximum Gasteiger partial charge on any atom is 0.0758 e. The van der Waals surface area contributed by atoms with Crippen LogP contribution in [0.1, 0.15) is 46.2 Å². The summed E-state index contributed by atoms with van der Waals surface area (Å²) < 4.78 is 2.45. The first kappa shape index (κ1) is 15.0. The van der Waals surface area contributed by atoms with Crippen LogP contribution < -0.4 is 5.32 Å². The lowest BCUT2D eigenvalue weighted by atomic mass is 9.99. The van der Waals surface area contributed by atoms with Crippen molar-refractivity contribution in [3.05, 3.63) is 19.2 Å². The predicted octanol–water partition coefficient (Wildman–Crippen LogP) is 5.61. The Labute approximate surface area is 131 Å². The maximum absolute atomic E-state index is 3.71. The molecule has 1 N–H and O–H groups in total. The minimum atomic E-state index is 0.397. The highest BCUT2D eigenvalue weighted by Crippen LogP contribution is 2.72. The van der Waals surface area contributed by atoms with E-state index in [9.17, 15) is 0 Å². The van der Waals surface area contributed by atoms with Gasteiger partial charge >= 0.3 is 0 Å². The van der Waals surface area contributed by atoms with E-state index in [-0.39, 0.29) is 0 Å². The van der Waals surface area contributed by atoms with Crippen LogP contribution in [0.2, 0.25) is 0 Å². The van der Waals surface area contributed by atoms with Gasteiger partial charge < -0.3 is 5.32 Å². The third-order valence-corrected chi connectivity index (χ3v) is 7.29. The molecule has 1 heterocycles. The van der Waals surface area contributed by atoms with E-state index < -0.39 is 0 Å². The first-order valence-corrected chi connectivity index (χ1v) is 8.81. The van der Waals surface area contributed by atoms with Crippen molar-refractivity contribution in [2.24, 2.45) is 16.7 Å². The summed E-state index contributed by atoms with van der Waals surface area (Å²) in [5.41, 5.74) is 2.19. The minimum absolute atomic E-state index is 0.397. The fourth-order valence-corrected chi connectivity index (χ4v) is 6.20. The summed E-state index contributed by atoms with van der Waals surface area (Å²) in [7, 11) is 0. The van der Waals surface area contributed by atoms with Crippen molar-refractivity contribution in [1.82, 2.24) is 5.32 Å².